The van der Waals surface area contributed by atoms with Crippen LogP contribution in [-0.4, -0.2) is 46.8 Å². The number of hydrogen-bond donors (Lipinski definition) is 1. The Morgan fingerprint density at radius 3 is 2.86 bits per heavy atom. The monoisotopic (exact) mass is 485 g/mol. The van der Waals surface area contributed by atoms with E-state index in [0.29, 0.717) is 18.7 Å². The molecule has 3 aromatic heterocycles. The van der Waals surface area contributed by atoms with Gasteiger partial charge >= 0.3 is 0 Å². The lowest BCUT2D eigenvalue weighted by atomic mass is 10.1. The van der Waals surface area contributed by atoms with Gasteiger partial charge in [-0.05, 0) is 66.8 Å². The Labute approximate surface area is 209 Å². The van der Waals surface area contributed by atoms with Gasteiger partial charge in [0.05, 0.1) is 24.4 Å². The summed E-state index contributed by atoms with van der Waals surface area (Å²) in [5, 5.41) is 3.95. The van der Waals surface area contributed by atoms with Gasteiger partial charge in [-0.2, -0.15) is 0 Å². The van der Waals surface area contributed by atoms with Crippen LogP contribution in [0.1, 0.15) is 33.3 Å². The zero-order valence-electron chi connectivity index (χ0n) is 19.8. The van der Waals surface area contributed by atoms with E-state index >= 15 is 0 Å². The lowest BCUT2D eigenvalue weighted by molar-refractivity contribution is 0.0395. The minimum Gasteiger partial charge on any atom is -0.370 e. The second-order valence-corrected chi connectivity index (χ2v) is 9.34. The van der Waals surface area contributed by atoms with Crippen molar-refractivity contribution in [1.29, 1.82) is 0 Å². The predicted molar refractivity (Wildman–Crippen MR) is 139 cm³/mol. The zero-order chi connectivity index (χ0) is 24.2. The zero-order valence-corrected chi connectivity index (χ0v) is 20.6. The summed E-state index contributed by atoms with van der Waals surface area (Å²) in [5.41, 5.74) is 4.56. The van der Waals surface area contributed by atoms with Crippen molar-refractivity contribution in [2.24, 2.45) is 0 Å². The van der Waals surface area contributed by atoms with Crippen molar-refractivity contribution >= 4 is 34.4 Å². The van der Waals surface area contributed by atoms with Gasteiger partial charge in [-0.3, -0.25) is 14.8 Å². The third-order valence-corrected chi connectivity index (χ3v) is 7.06. The summed E-state index contributed by atoms with van der Waals surface area (Å²) in [6.07, 6.45) is 7.39. The van der Waals surface area contributed by atoms with E-state index in [0.717, 1.165) is 46.0 Å². The van der Waals surface area contributed by atoms with E-state index in [1.807, 2.05) is 67.9 Å². The molecule has 0 saturated carbocycles. The largest absolute Gasteiger partial charge is 0.370 e. The summed E-state index contributed by atoms with van der Waals surface area (Å²) in [7, 11) is 0. The number of carbonyl (C=O) groups is 1. The van der Waals surface area contributed by atoms with Gasteiger partial charge in [-0.1, -0.05) is 6.07 Å². The minimum atomic E-state index is -0.112. The average Bonchev–Trinajstić information content (AvgIpc) is 2.92. The fourth-order valence-electron chi connectivity index (χ4n) is 4.19. The molecular weight excluding hydrogens is 458 g/mol. The number of thioether (sulfide) groups is 1. The first-order chi connectivity index (χ1) is 17.1. The van der Waals surface area contributed by atoms with Crippen molar-refractivity contribution in [3.8, 4) is 0 Å². The number of rotatable bonds is 6. The molecule has 1 atom stereocenters. The quantitative estimate of drug-likeness (QED) is 0.401. The van der Waals surface area contributed by atoms with Gasteiger partial charge in [-0.15, -0.1) is 11.8 Å². The van der Waals surface area contributed by atoms with Crippen LogP contribution in [-0.2, 0) is 11.3 Å². The maximum absolute atomic E-state index is 12.7. The van der Waals surface area contributed by atoms with Gasteiger partial charge in [0.15, 0.2) is 0 Å². The normalized spacial score (nSPS) is 15.8. The number of ether oxygens (including phenoxy) is 1. The highest BCUT2D eigenvalue weighted by Gasteiger charge is 2.23. The van der Waals surface area contributed by atoms with Crippen molar-refractivity contribution in [2.75, 3.05) is 30.9 Å². The van der Waals surface area contributed by atoms with E-state index < -0.39 is 0 Å². The molecule has 1 fully saturated rings. The van der Waals surface area contributed by atoms with Crippen molar-refractivity contribution in [2.45, 2.75) is 24.5 Å². The van der Waals surface area contributed by atoms with Crippen LogP contribution in [0.5, 0.6) is 0 Å². The first kappa shape index (κ1) is 23.3. The molecule has 178 valence electrons. The summed E-state index contributed by atoms with van der Waals surface area (Å²) in [4.78, 5) is 29.6. The Kier molecular flexibility index (Phi) is 6.92. The first-order valence-electron chi connectivity index (χ1n) is 11.6. The standard InChI is InChI=1S/C27H27N5O2S/c1-18-3-4-20(13-25(18)35-2)27(33)30-16-22-14-23-21(15-29-22)5-6-26(31-23)32-11-12-34-24(17-32)19-7-9-28-10-8-19/h3-10,13-15,24H,11-12,16-17H2,1-2H3,(H,30,33). The molecule has 0 radical (unpaired) electrons. The fraction of sp³-hybridized carbons (Fsp3) is 0.259. The van der Waals surface area contributed by atoms with E-state index in [1.165, 1.54) is 5.56 Å². The Hall–Kier alpha value is -3.49. The number of anilines is 1. The number of pyridine rings is 3. The Morgan fingerprint density at radius 2 is 2.03 bits per heavy atom. The van der Waals surface area contributed by atoms with Gasteiger partial charge < -0.3 is 15.0 Å². The molecule has 0 spiro atoms. The number of amides is 1. The van der Waals surface area contributed by atoms with Gasteiger partial charge in [0, 0.05) is 47.5 Å². The number of carbonyl (C=O) groups excluding carboxylic acids is 1. The van der Waals surface area contributed by atoms with E-state index in [2.05, 4.69) is 20.2 Å². The molecule has 1 N–H and O–H groups in total. The van der Waals surface area contributed by atoms with Crippen molar-refractivity contribution in [3.63, 3.8) is 0 Å². The highest BCUT2D eigenvalue weighted by Crippen LogP contribution is 2.26. The van der Waals surface area contributed by atoms with Crippen LogP contribution in [0, 0.1) is 6.92 Å². The topological polar surface area (TPSA) is 80.2 Å². The van der Waals surface area contributed by atoms with Crippen molar-refractivity contribution in [3.05, 3.63) is 89.5 Å². The Morgan fingerprint density at radius 1 is 1.17 bits per heavy atom. The highest BCUT2D eigenvalue weighted by atomic mass is 32.2. The fourth-order valence-corrected chi connectivity index (χ4v) is 4.83. The van der Waals surface area contributed by atoms with E-state index in [-0.39, 0.29) is 12.0 Å². The lowest BCUT2D eigenvalue weighted by Gasteiger charge is -2.34. The van der Waals surface area contributed by atoms with Crippen molar-refractivity contribution < 1.29 is 9.53 Å². The van der Waals surface area contributed by atoms with Gasteiger partial charge in [-0.25, -0.2) is 4.98 Å². The first-order valence-corrected chi connectivity index (χ1v) is 12.8. The molecule has 7 nitrogen and oxygen atoms in total. The molecule has 1 aliphatic rings. The summed E-state index contributed by atoms with van der Waals surface area (Å²) >= 11 is 1.64. The van der Waals surface area contributed by atoms with Gasteiger partial charge in [0.25, 0.3) is 5.91 Å². The summed E-state index contributed by atoms with van der Waals surface area (Å²) in [6.45, 7) is 4.53. The van der Waals surface area contributed by atoms with Gasteiger partial charge in [0.2, 0.25) is 0 Å². The SMILES string of the molecule is CSc1cc(C(=O)NCc2cc3nc(N4CCOC(c5ccncc5)C4)ccc3cn2)ccc1C. The number of nitrogens with one attached hydrogen (secondary N) is 1. The molecule has 1 saturated heterocycles. The van der Waals surface area contributed by atoms with Gasteiger partial charge in [0.1, 0.15) is 11.9 Å². The molecule has 35 heavy (non-hydrogen) atoms. The summed E-state index contributed by atoms with van der Waals surface area (Å²) < 4.78 is 5.99. The average molecular weight is 486 g/mol. The smallest absolute Gasteiger partial charge is 0.251 e. The number of morpholine rings is 1. The highest BCUT2D eigenvalue weighted by molar-refractivity contribution is 7.98. The van der Waals surface area contributed by atoms with Crippen LogP contribution in [0.2, 0.25) is 0 Å². The number of aryl methyl sites for hydroxylation is 1. The molecule has 1 aromatic carbocycles. The third-order valence-electron chi connectivity index (χ3n) is 6.18. The van der Waals surface area contributed by atoms with E-state index in [1.54, 1.807) is 24.2 Å². The molecule has 5 rings (SSSR count). The Bertz CT molecular complexity index is 1350. The number of nitrogens with zero attached hydrogens (tertiary/aromatic N) is 4. The molecule has 8 heteroatoms. The second kappa shape index (κ2) is 10.4. The van der Waals surface area contributed by atoms with E-state index in [9.17, 15) is 4.79 Å². The maximum atomic E-state index is 12.7. The molecular formula is C27H27N5O2S. The number of fused-ring (bicyclic) bond motifs is 1. The van der Waals surface area contributed by atoms with Crippen LogP contribution >= 0.6 is 11.8 Å². The molecule has 1 unspecified atom stereocenters. The number of benzene rings is 1. The van der Waals surface area contributed by atoms with Crippen molar-refractivity contribution in [1.82, 2.24) is 20.3 Å². The lowest BCUT2D eigenvalue weighted by Crippen LogP contribution is -2.38. The summed E-state index contributed by atoms with van der Waals surface area (Å²) in [6, 6.07) is 15.8. The molecule has 1 amide bonds. The minimum absolute atomic E-state index is 0.0131. The molecule has 1 aliphatic heterocycles. The number of hydrogen-bond acceptors (Lipinski definition) is 7. The number of aromatic nitrogens is 3. The summed E-state index contributed by atoms with van der Waals surface area (Å²) in [5.74, 6) is 0.796. The van der Waals surface area contributed by atoms with Crippen LogP contribution in [0.4, 0.5) is 5.82 Å². The van der Waals surface area contributed by atoms with E-state index in [4.69, 9.17) is 9.72 Å². The predicted octanol–water partition coefficient (Wildman–Crippen LogP) is 4.56. The molecule has 4 aromatic rings. The van der Waals surface area contributed by atoms with Crippen LogP contribution < -0.4 is 10.2 Å². The maximum Gasteiger partial charge on any atom is 0.251 e. The van der Waals surface area contributed by atoms with Crippen LogP contribution in [0.25, 0.3) is 10.9 Å². The molecule has 4 heterocycles. The Balaban J connectivity index is 1.30. The second-order valence-electron chi connectivity index (χ2n) is 8.49. The van der Waals surface area contributed by atoms with Crippen LogP contribution in [0.15, 0.2) is 72.0 Å². The molecule has 0 bridgehead atoms. The third kappa shape index (κ3) is 5.28. The van der Waals surface area contributed by atoms with Crippen LogP contribution in [0.3, 0.4) is 0 Å². The molecule has 0 aliphatic carbocycles.